The lowest BCUT2D eigenvalue weighted by Crippen LogP contribution is -2.31. The summed E-state index contributed by atoms with van der Waals surface area (Å²) in [7, 11) is 1.71. The molecule has 21 heavy (non-hydrogen) atoms. The number of alkyl halides is 3. The summed E-state index contributed by atoms with van der Waals surface area (Å²) in [5.41, 5.74) is 5.54. The van der Waals surface area contributed by atoms with Crippen LogP contribution < -0.4 is 10.6 Å². The molecule has 0 bridgehead atoms. The van der Waals surface area contributed by atoms with Crippen LogP contribution in [0.5, 0.6) is 0 Å². The second-order valence-electron chi connectivity index (χ2n) is 5.49. The Bertz CT molecular complexity index is 470. The van der Waals surface area contributed by atoms with Gasteiger partial charge in [-0.3, -0.25) is 0 Å². The van der Waals surface area contributed by atoms with Crippen molar-refractivity contribution < 1.29 is 17.9 Å². The average Bonchev–Trinajstić information content (AvgIpc) is 2.46. The monoisotopic (exact) mass is 302 g/mol. The Morgan fingerprint density at radius 3 is 2.52 bits per heavy atom. The number of hydrogen-bond donors (Lipinski definition) is 1. The number of anilines is 1. The molecule has 1 fully saturated rings. The molecule has 0 radical (unpaired) electrons. The van der Waals surface area contributed by atoms with Crippen LogP contribution >= 0.6 is 0 Å². The van der Waals surface area contributed by atoms with Gasteiger partial charge >= 0.3 is 6.18 Å². The average molecular weight is 302 g/mol. The molecule has 1 aromatic carbocycles. The van der Waals surface area contributed by atoms with Crippen molar-refractivity contribution in [2.75, 3.05) is 31.7 Å². The van der Waals surface area contributed by atoms with Crippen LogP contribution in [-0.4, -0.2) is 26.8 Å². The van der Waals surface area contributed by atoms with E-state index in [4.69, 9.17) is 10.5 Å². The van der Waals surface area contributed by atoms with Gasteiger partial charge in [-0.2, -0.15) is 13.2 Å². The van der Waals surface area contributed by atoms with Gasteiger partial charge in [-0.1, -0.05) is 6.07 Å². The van der Waals surface area contributed by atoms with E-state index in [2.05, 4.69) is 0 Å². The van der Waals surface area contributed by atoms with Gasteiger partial charge in [-0.05, 0) is 36.5 Å². The van der Waals surface area contributed by atoms with Gasteiger partial charge in [-0.15, -0.1) is 0 Å². The Balaban J connectivity index is 2.20. The second kappa shape index (κ2) is 6.66. The molecule has 2 N–H and O–H groups in total. The first-order valence-electron chi connectivity index (χ1n) is 7.11. The standard InChI is InChI=1S/C15H21F3N2O/c1-20(10-11-4-6-21-7-5-11)14-3-2-12(9-19)8-13(14)15(16,17)18/h2-3,8,11H,4-7,9-10,19H2,1H3. The summed E-state index contributed by atoms with van der Waals surface area (Å²) in [5, 5.41) is 0. The van der Waals surface area contributed by atoms with Crippen LogP contribution in [0.25, 0.3) is 0 Å². The summed E-state index contributed by atoms with van der Waals surface area (Å²) in [6.07, 6.45) is -2.58. The minimum absolute atomic E-state index is 0.104. The quantitative estimate of drug-likeness (QED) is 0.929. The van der Waals surface area contributed by atoms with E-state index < -0.39 is 11.7 Å². The third-order valence-corrected chi connectivity index (χ3v) is 3.89. The molecular weight excluding hydrogens is 281 g/mol. The van der Waals surface area contributed by atoms with Gasteiger partial charge in [0.05, 0.1) is 5.56 Å². The second-order valence-corrected chi connectivity index (χ2v) is 5.49. The molecule has 3 nitrogen and oxygen atoms in total. The predicted molar refractivity (Wildman–Crippen MR) is 76.1 cm³/mol. The van der Waals surface area contributed by atoms with Crippen molar-refractivity contribution in [2.45, 2.75) is 25.6 Å². The van der Waals surface area contributed by atoms with Crippen LogP contribution in [0, 0.1) is 5.92 Å². The molecule has 0 amide bonds. The number of benzene rings is 1. The highest BCUT2D eigenvalue weighted by atomic mass is 19.4. The maximum absolute atomic E-state index is 13.2. The smallest absolute Gasteiger partial charge is 0.381 e. The molecule has 2 rings (SSSR count). The first kappa shape index (κ1) is 16.1. The molecule has 0 spiro atoms. The summed E-state index contributed by atoms with van der Waals surface area (Å²) in [4.78, 5) is 1.69. The molecule has 1 aliphatic heterocycles. The summed E-state index contributed by atoms with van der Waals surface area (Å²) in [6.45, 7) is 2.09. The lowest BCUT2D eigenvalue weighted by Gasteiger charge is -2.30. The van der Waals surface area contributed by atoms with Crippen LogP contribution in [0.3, 0.4) is 0 Å². The number of nitrogens with zero attached hydrogens (tertiary/aromatic N) is 1. The van der Waals surface area contributed by atoms with Crippen molar-refractivity contribution in [3.8, 4) is 0 Å². The molecule has 0 atom stereocenters. The fourth-order valence-electron chi connectivity index (χ4n) is 2.68. The lowest BCUT2D eigenvalue weighted by molar-refractivity contribution is -0.137. The molecule has 0 aliphatic carbocycles. The summed E-state index contributed by atoms with van der Waals surface area (Å²) >= 11 is 0. The number of rotatable bonds is 4. The topological polar surface area (TPSA) is 38.5 Å². The summed E-state index contributed by atoms with van der Waals surface area (Å²) in [5.74, 6) is 0.374. The van der Waals surface area contributed by atoms with Gasteiger partial charge in [0.1, 0.15) is 0 Å². The van der Waals surface area contributed by atoms with Crippen molar-refractivity contribution in [2.24, 2.45) is 11.7 Å². The summed E-state index contributed by atoms with van der Waals surface area (Å²) in [6, 6.07) is 4.32. The molecule has 1 aliphatic rings. The Labute approximate surface area is 122 Å². The number of hydrogen-bond acceptors (Lipinski definition) is 3. The number of nitrogens with two attached hydrogens (primary N) is 1. The van der Waals surface area contributed by atoms with E-state index in [1.807, 2.05) is 0 Å². The van der Waals surface area contributed by atoms with E-state index in [1.54, 1.807) is 18.0 Å². The maximum Gasteiger partial charge on any atom is 0.418 e. The zero-order valence-electron chi connectivity index (χ0n) is 12.1. The van der Waals surface area contributed by atoms with Crippen molar-refractivity contribution >= 4 is 5.69 Å². The highest BCUT2D eigenvalue weighted by molar-refractivity contribution is 5.56. The van der Waals surface area contributed by atoms with Crippen molar-refractivity contribution in [1.82, 2.24) is 0 Å². The number of ether oxygens (including phenoxy) is 1. The fourth-order valence-corrected chi connectivity index (χ4v) is 2.68. The minimum Gasteiger partial charge on any atom is -0.381 e. The Hall–Kier alpha value is -1.27. The summed E-state index contributed by atoms with van der Waals surface area (Å²) < 4.78 is 44.9. The van der Waals surface area contributed by atoms with E-state index in [1.165, 1.54) is 6.07 Å². The third-order valence-electron chi connectivity index (χ3n) is 3.89. The molecule has 0 saturated carbocycles. The highest BCUT2D eigenvalue weighted by Crippen LogP contribution is 2.37. The van der Waals surface area contributed by atoms with Gasteiger partial charge in [0.15, 0.2) is 0 Å². The van der Waals surface area contributed by atoms with Crippen molar-refractivity contribution in [3.63, 3.8) is 0 Å². The maximum atomic E-state index is 13.2. The van der Waals surface area contributed by atoms with Crippen molar-refractivity contribution in [3.05, 3.63) is 29.3 Å². The van der Waals surface area contributed by atoms with E-state index in [0.29, 0.717) is 31.2 Å². The van der Waals surface area contributed by atoms with E-state index >= 15 is 0 Å². The van der Waals surface area contributed by atoms with Gasteiger partial charge in [0.25, 0.3) is 0 Å². The molecule has 0 unspecified atom stereocenters. The van der Waals surface area contributed by atoms with Crippen LogP contribution in [0.15, 0.2) is 18.2 Å². The van der Waals surface area contributed by atoms with Gasteiger partial charge in [-0.25, -0.2) is 0 Å². The third kappa shape index (κ3) is 4.11. The Morgan fingerprint density at radius 2 is 1.95 bits per heavy atom. The molecule has 6 heteroatoms. The van der Waals surface area contributed by atoms with E-state index in [9.17, 15) is 13.2 Å². The SMILES string of the molecule is CN(CC1CCOCC1)c1ccc(CN)cc1C(F)(F)F. The number of halogens is 3. The molecule has 1 saturated heterocycles. The molecule has 0 aromatic heterocycles. The Kier molecular flexibility index (Phi) is 5.11. The van der Waals surface area contributed by atoms with Gasteiger partial charge in [0.2, 0.25) is 0 Å². The molecule has 1 heterocycles. The minimum atomic E-state index is -4.37. The van der Waals surface area contributed by atoms with Crippen LogP contribution in [0.2, 0.25) is 0 Å². The Morgan fingerprint density at radius 1 is 1.29 bits per heavy atom. The highest BCUT2D eigenvalue weighted by Gasteiger charge is 2.35. The lowest BCUT2D eigenvalue weighted by atomic mass is 9.99. The zero-order chi connectivity index (χ0) is 15.5. The molecule has 1 aromatic rings. The van der Waals surface area contributed by atoms with Gasteiger partial charge in [0, 0.05) is 39.0 Å². The van der Waals surface area contributed by atoms with E-state index in [-0.39, 0.29) is 12.2 Å². The van der Waals surface area contributed by atoms with Crippen molar-refractivity contribution in [1.29, 1.82) is 0 Å². The largest absolute Gasteiger partial charge is 0.418 e. The normalized spacial score (nSPS) is 17.0. The van der Waals surface area contributed by atoms with Gasteiger partial charge < -0.3 is 15.4 Å². The first-order chi connectivity index (χ1) is 9.91. The molecule has 118 valence electrons. The van der Waals surface area contributed by atoms with E-state index in [0.717, 1.165) is 18.9 Å². The molecular formula is C15H21F3N2O. The fraction of sp³-hybridized carbons (Fsp3) is 0.600. The predicted octanol–water partition coefficient (Wildman–Crippen LogP) is 3.03. The zero-order valence-corrected chi connectivity index (χ0v) is 12.1. The van der Waals surface area contributed by atoms with Crippen LogP contribution in [-0.2, 0) is 17.5 Å². The van der Waals surface area contributed by atoms with Crippen LogP contribution in [0.4, 0.5) is 18.9 Å². The first-order valence-corrected chi connectivity index (χ1v) is 7.11. The van der Waals surface area contributed by atoms with Crippen LogP contribution in [0.1, 0.15) is 24.0 Å².